The zero-order valence-corrected chi connectivity index (χ0v) is 15.2. The van der Waals surface area contributed by atoms with E-state index in [2.05, 4.69) is 19.9 Å². The maximum absolute atomic E-state index is 12.2. The SMILES string of the molecule is CO[C-]1OC(CS(=O)(=S)OO)[C@@H](C)[C@H](OC)C1S(=O)(=S)OO. The molecule has 0 radical (unpaired) electrons. The van der Waals surface area contributed by atoms with Gasteiger partial charge in [-0.05, 0) is 0 Å². The lowest BCUT2D eigenvalue weighted by Gasteiger charge is -2.53. The molecule has 0 aliphatic carbocycles. The highest BCUT2D eigenvalue weighted by atomic mass is 32.8. The second-order valence-corrected chi connectivity index (χ2v) is 10.7. The minimum absolute atomic E-state index is 0.216. The Morgan fingerprint density at radius 2 is 1.82 bits per heavy atom. The third-order valence-electron chi connectivity index (χ3n) is 3.27. The molecule has 132 valence electrons. The molecular formula is C9H17O9S4-. The van der Waals surface area contributed by atoms with E-state index in [4.69, 9.17) is 35.9 Å². The first-order valence-corrected chi connectivity index (χ1v) is 10.9. The summed E-state index contributed by atoms with van der Waals surface area (Å²) in [7, 11) is -4.50. The van der Waals surface area contributed by atoms with Gasteiger partial charge in [0.1, 0.15) is 0 Å². The van der Waals surface area contributed by atoms with Crippen molar-refractivity contribution in [1.29, 1.82) is 0 Å². The van der Waals surface area contributed by atoms with Crippen molar-refractivity contribution in [2.75, 3.05) is 20.0 Å². The molecule has 0 amide bonds. The molecule has 2 N–H and O–H groups in total. The lowest BCUT2D eigenvalue weighted by Crippen LogP contribution is -2.55. The number of rotatable bonds is 7. The highest BCUT2D eigenvalue weighted by molar-refractivity contribution is 8.30. The van der Waals surface area contributed by atoms with Gasteiger partial charge in [0.25, 0.3) is 0 Å². The number of hydrogen-bond donors (Lipinski definition) is 2. The largest absolute Gasteiger partial charge is 0.523 e. The molecule has 1 fully saturated rings. The van der Waals surface area contributed by atoms with Crippen LogP contribution >= 0.6 is 0 Å². The first-order valence-electron chi connectivity index (χ1n) is 5.86. The second-order valence-electron chi connectivity index (χ2n) is 4.53. The molecule has 1 aliphatic rings. The molecular weight excluding hydrogens is 380 g/mol. The standard InChI is InChI=1S/C9H17O9S4/c1-5-6(4-21(12,19)17-10)16-9(15-3)8(7(5)14-2)22(13,20)18-11/h5-8,10-11H,4H2,1-3H3/q-1/t5-,6?,7+,8?,21?,22?/m1/s1. The third kappa shape index (κ3) is 4.51. The summed E-state index contributed by atoms with van der Waals surface area (Å²) in [4.78, 5) is 0. The van der Waals surface area contributed by atoms with Gasteiger partial charge >= 0.3 is 0 Å². The van der Waals surface area contributed by atoms with E-state index < -0.39 is 40.9 Å². The maximum atomic E-state index is 12.2. The molecule has 1 saturated heterocycles. The molecule has 13 heteroatoms. The van der Waals surface area contributed by atoms with Gasteiger partial charge < -0.3 is 14.2 Å². The molecule has 0 aromatic rings. The average Bonchev–Trinajstić information content (AvgIpc) is 2.48. The van der Waals surface area contributed by atoms with Crippen LogP contribution in [0, 0.1) is 12.2 Å². The molecule has 1 heterocycles. The Hall–Kier alpha value is 0.460. The summed E-state index contributed by atoms with van der Waals surface area (Å²) in [5.41, 5.74) is 0. The topological polar surface area (TPSA) is 121 Å². The minimum atomic E-state index is -3.65. The van der Waals surface area contributed by atoms with E-state index in [1.54, 1.807) is 6.92 Å². The van der Waals surface area contributed by atoms with Gasteiger partial charge in [-0.15, -0.1) is 8.67 Å². The number of hydrogen-bond acceptors (Lipinski definition) is 11. The summed E-state index contributed by atoms with van der Waals surface area (Å²) in [5, 5.41) is 16.1. The van der Waals surface area contributed by atoms with E-state index in [-0.39, 0.29) is 12.0 Å². The lowest BCUT2D eigenvalue weighted by molar-refractivity contribution is -0.163. The quantitative estimate of drug-likeness (QED) is 0.339. The summed E-state index contributed by atoms with van der Waals surface area (Å²) in [5.74, 6) is -0.857. The van der Waals surface area contributed by atoms with Gasteiger partial charge in [0.2, 0.25) is 0 Å². The van der Waals surface area contributed by atoms with Crippen molar-refractivity contribution >= 4 is 39.9 Å². The monoisotopic (exact) mass is 397 g/mol. The van der Waals surface area contributed by atoms with E-state index in [1.807, 2.05) is 0 Å². The highest BCUT2D eigenvalue weighted by Crippen LogP contribution is 2.37. The summed E-state index contributed by atoms with van der Waals surface area (Å²) >= 11 is 9.33. The molecule has 6 atom stereocenters. The van der Waals surface area contributed by atoms with E-state index >= 15 is 0 Å². The normalized spacial score (nSPS) is 35.7. The van der Waals surface area contributed by atoms with E-state index in [1.165, 1.54) is 14.2 Å². The van der Waals surface area contributed by atoms with Gasteiger partial charge in [0.05, 0.1) is 11.9 Å². The molecule has 0 aromatic heterocycles. The fourth-order valence-electron chi connectivity index (χ4n) is 2.19. The molecule has 0 bridgehead atoms. The Balaban J connectivity index is 3.15. The van der Waals surface area contributed by atoms with Crippen LogP contribution in [0.3, 0.4) is 0 Å². The van der Waals surface area contributed by atoms with Crippen molar-refractivity contribution in [3.05, 3.63) is 6.29 Å². The van der Waals surface area contributed by atoms with Crippen LogP contribution < -0.4 is 0 Å². The highest BCUT2D eigenvalue weighted by Gasteiger charge is 2.43. The van der Waals surface area contributed by atoms with Crippen LogP contribution in [-0.4, -0.2) is 56.4 Å². The van der Waals surface area contributed by atoms with E-state index in [9.17, 15) is 8.42 Å². The smallest absolute Gasteiger partial charge is 0.176 e. The predicted octanol–water partition coefficient (Wildman–Crippen LogP) is -0.157. The van der Waals surface area contributed by atoms with Crippen LogP contribution in [0.15, 0.2) is 0 Å². The van der Waals surface area contributed by atoms with Crippen molar-refractivity contribution in [2.45, 2.75) is 24.4 Å². The van der Waals surface area contributed by atoms with Crippen LogP contribution in [0.4, 0.5) is 0 Å². The molecule has 4 unspecified atom stereocenters. The molecule has 0 spiro atoms. The molecule has 0 saturated carbocycles. The van der Waals surface area contributed by atoms with Crippen LogP contribution in [0.2, 0.25) is 0 Å². The lowest BCUT2D eigenvalue weighted by atomic mass is 9.93. The van der Waals surface area contributed by atoms with Crippen molar-refractivity contribution in [1.82, 2.24) is 0 Å². The first-order chi connectivity index (χ1) is 10.1. The average molecular weight is 397 g/mol. The van der Waals surface area contributed by atoms with Crippen LogP contribution in [0.5, 0.6) is 0 Å². The predicted molar refractivity (Wildman–Crippen MR) is 82.2 cm³/mol. The molecule has 1 aliphatic heterocycles. The van der Waals surface area contributed by atoms with Gasteiger partial charge in [-0.2, -0.15) is 0 Å². The molecule has 1 rings (SSSR count). The Bertz CT molecular complexity index is 560. The molecule has 9 nitrogen and oxygen atoms in total. The zero-order valence-electron chi connectivity index (χ0n) is 11.9. The summed E-state index contributed by atoms with van der Waals surface area (Å²) in [6.45, 7) is 1.64. The van der Waals surface area contributed by atoms with Gasteiger partial charge in [-0.1, -0.05) is 13.2 Å². The van der Waals surface area contributed by atoms with Gasteiger partial charge in [0, 0.05) is 53.9 Å². The van der Waals surface area contributed by atoms with Gasteiger partial charge in [0.15, 0.2) is 17.5 Å². The Labute approximate surface area is 138 Å². The summed E-state index contributed by atoms with van der Waals surface area (Å²) in [6, 6.07) is 0. The van der Waals surface area contributed by atoms with Crippen LogP contribution in [0.25, 0.3) is 0 Å². The van der Waals surface area contributed by atoms with Crippen molar-refractivity contribution in [3.63, 3.8) is 0 Å². The maximum Gasteiger partial charge on any atom is 0.176 e. The fourth-order valence-corrected chi connectivity index (χ4v) is 5.16. The summed E-state index contributed by atoms with van der Waals surface area (Å²) < 4.78 is 47.3. The Morgan fingerprint density at radius 3 is 2.23 bits per heavy atom. The molecule has 0 aromatic carbocycles. The first kappa shape index (κ1) is 20.5. The van der Waals surface area contributed by atoms with Crippen LogP contribution in [0.1, 0.15) is 6.92 Å². The van der Waals surface area contributed by atoms with Crippen molar-refractivity contribution in [2.24, 2.45) is 5.92 Å². The van der Waals surface area contributed by atoms with E-state index in [0.29, 0.717) is 0 Å². The van der Waals surface area contributed by atoms with E-state index in [0.717, 1.165) is 0 Å². The fraction of sp³-hybridized carbons (Fsp3) is 0.889. The summed E-state index contributed by atoms with van der Waals surface area (Å²) in [6.07, 6.45) is -1.88. The number of methoxy groups -OCH3 is 2. The second kappa shape index (κ2) is 8.02. The van der Waals surface area contributed by atoms with Crippen molar-refractivity contribution in [3.8, 4) is 0 Å². The Kier molecular flexibility index (Phi) is 7.48. The van der Waals surface area contributed by atoms with Crippen LogP contribution in [-0.2, 0) is 62.8 Å². The minimum Gasteiger partial charge on any atom is -0.523 e. The third-order valence-corrected chi connectivity index (χ3v) is 6.92. The van der Waals surface area contributed by atoms with Crippen molar-refractivity contribution < 1.29 is 41.8 Å². The molecule has 22 heavy (non-hydrogen) atoms. The van der Waals surface area contributed by atoms with Gasteiger partial charge in [-0.25, -0.2) is 18.9 Å². The Morgan fingerprint density at radius 1 is 1.23 bits per heavy atom. The zero-order chi connectivity index (χ0) is 17.1. The number of ether oxygens (including phenoxy) is 3. The van der Waals surface area contributed by atoms with Gasteiger partial charge in [-0.3, -0.25) is 0 Å².